The molecule has 0 unspecified atom stereocenters. The van der Waals surface area contributed by atoms with Gasteiger partial charge in [-0.1, -0.05) is 32.0 Å². The van der Waals surface area contributed by atoms with Gasteiger partial charge < -0.3 is 10.6 Å². The molecule has 0 radical (unpaired) electrons. The number of carbonyl (C=O) groups is 1. The van der Waals surface area contributed by atoms with E-state index in [0.717, 1.165) is 10.9 Å². The lowest BCUT2D eigenvalue weighted by Gasteiger charge is -2.50. The summed E-state index contributed by atoms with van der Waals surface area (Å²) in [5.41, 5.74) is 7.44. The van der Waals surface area contributed by atoms with Crippen molar-refractivity contribution in [2.45, 2.75) is 19.4 Å². The summed E-state index contributed by atoms with van der Waals surface area (Å²) in [7, 11) is 0. The van der Waals surface area contributed by atoms with Gasteiger partial charge in [0.25, 0.3) is 5.91 Å². The van der Waals surface area contributed by atoms with Crippen molar-refractivity contribution < 1.29 is 4.79 Å². The van der Waals surface area contributed by atoms with Gasteiger partial charge in [-0.15, -0.1) is 0 Å². The van der Waals surface area contributed by atoms with E-state index in [2.05, 4.69) is 18.8 Å². The predicted octanol–water partition coefficient (Wildman–Crippen LogP) is 2.04. The molecule has 1 aliphatic heterocycles. The number of hydrogen-bond acceptors (Lipinski definition) is 3. The zero-order valence-corrected chi connectivity index (χ0v) is 11.8. The number of benzene rings is 1. The van der Waals surface area contributed by atoms with Crippen LogP contribution < -0.4 is 5.73 Å². The van der Waals surface area contributed by atoms with Crippen LogP contribution in [0.3, 0.4) is 0 Å². The minimum Gasteiger partial charge on any atom is -0.335 e. The van der Waals surface area contributed by atoms with Gasteiger partial charge in [-0.2, -0.15) is 0 Å². The third kappa shape index (κ3) is 1.96. The molecule has 2 N–H and O–H groups in total. The van der Waals surface area contributed by atoms with Crippen LogP contribution in [-0.2, 0) is 0 Å². The molecule has 1 aromatic heterocycles. The number of fused-ring (bicyclic) bond motifs is 1. The highest BCUT2D eigenvalue weighted by Gasteiger charge is 2.44. The second-order valence-corrected chi connectivity index (χ2v) is 5.93. The Labute approximate surface area is 118 Å². The molecule has 1 aromatic carbocycles. The molecular weight excluding hydrogens is 250 g/mol. The molecule has 0 aliphatic carbocycles. The summed E-state index contributed by atoms with van der Waals surface area (Å²) in [5, 5.41) is 0.988. The van der Waals surface area contributed by atoms with Crippen molar-refractivity contribution in [3.05, 3.63) is 42.1 Å². The fourth-order valence-electron chi connectivity index (χ4n) is 2.62. The average molecular weight is 269 g/mol. The Hall–Kier alpha value is -1.94. The van der Waals surface area contributed by atoms with Crippen LogP contribution in [0.25, 0.3) is 10.9 Å². The lowest BCUT2D eigenvalue weighted by Crippen LogP contribution is -2.71. The number of para-hydroxylation sites is 1. The lowest BCUT2D eigenvalue weighted by atomic mass is 9.80. The van der Waals surface area contributed by atoms with E-state index in [1.807, 2.05) is 35.2 Å². The number of aromatic nitrogens is 1. The van der Waals surface area contributed by atoms with E-state index in [9.17, 15) is 4.79 Å². The van der Waals surface area contributed by atoms with E-state index in [1.165, 1.54) is 0 Å². The minimum atomic E-state index is -0.242. The number of hydrogen-bond donors (Lipinski definition) is 1. The third-order valence-corrected chi connectivity index (χ3v) is 4.27. The normalized spacial score (nSPS) is 17.3. The first-order chi connectivity index (χ1) is 9.51. The molecule has 104 valence electrons. The fourth-order valence-corrected chi connectivity index (χ4v) is 2.62. The summed E-state index contributed by atoms with van der Waals surface area (Å²) < 4.78 is 0. The first-order valence-corrected chi connectivity index (χ1v) is 6.93. The molecule has 2 heterocycles. The highest BCUT2D eigenvalue weighted by atomic mass is 16.2. The van der Waals surface area contributed by atoms with Gasteiger partial charge in [0.05, 0.1) is 16.6 Å². The van der Waals surface area contributed by atoms with Crippen molar-refractivity contribution in [2.24, 2.45) is 11.7 Å². The number of pyridine rings is 1. The van der Waals surface area contributed by atoms with Crippen LogP contribution in [0, 0.1) is 5.92 Å². The lowest BCUT2D eigenvalue weighted by molar-refractivity contribution is 0.0276. The fraction of sp³-hybridized carbons (Fsp3) is 0.375. The van der Waals surface area contributed by atoms with Crippen molar-refractivity contribution in [3.8, 4) is 0 Å². The smallest absolute Gasteiger partial charge is 0.256 e. The van der Waals surface area contributed by atoms with Gasteiger partial charge in [0.1, 0.15) is 0 Å². The number of rotatable bonds is 2. The zero-order chi connectivity index (χ0) is 14.3. The van der Waals surface area contributed by atoms with E-state index in [1.54, 1.807) is 6.20 Å². The van der Waals surface area contributed by atoms with Gasteiger partial charge in [0.15, 0.2) is 0 Å². The number of nitrogens with two attached hydrogens (primary N) is 1. The van der Waals surface area contributed by atoms with Gasteiger partial charge in [0.2, 0.25) is 0 Å². The van der Waals surface area contributed by atoms with Gasteiger partial charge in [-0.25, -0.2) is 0 Å². The number of likely N-dealkylation sites (tertiary alicyclic amines) is 1. The van der Waals surface area contributed by atoms with Gasteiger partial charge in [0, 0.05) is 24.7 Å². The van der Waals surface area contributed by atoms with E-state index < -0.39 is 0 Å². The van der Waals surface area contributed by atoms with Crippen molar-refractivity contribution in [3.63, 3.8) is 0 Å². The van der Waals surface area contributed by atoms with Crippen molar-refractivity contribution in [1.82, 2.24) is 9.88 Å². The maximum Gasteiger partial charge on any atom is 0.256 e. The summed E-state index contributed by atoms with van der Waals surface area (Å²) in [6.45, 7) is 5.43. The number of nitrogens with zero attached hydrogens (tertiary/aromatic N) is 2. The molecule has 0 bridgehead atoms. The molecule has 4 heteroatoms. The molecular formula is C16H19N3O. The molecule has 0 atom stereocenters. The predicted molar refractivity (Wildman–Crippen MR) is 79.4 cm³/mol. The highest BCUT2D eigenvalue weighted by molar-refractivity contribution is 6.05. The Balaban J connectivity index is 1.88. The van der Waals surface area contributed by atoms with E-state index in [0.29, 0.717) is 24.6 Å². The first kappa shape index (κ1) is 13.1. The largest absolute Gasteiger partial charge is 0.335 e. The Morgan fingerprint density at radius 3 is 2.70 bits per heavy atom. The topological polar surface area (TPSA) is 59.2 Å². The number of amides is 1. The minimum absolute atomic E-state index is 0.0241. The van der Waals surface area contributed by atoms with Crippen molar-refractivity contribution >= 4 is 16.8 Å². The molecule has 3 rings (SSSR count). The van der Waals surface area contributed by atoms with Crippen LogP contribution in [0.1, 0.15) is 24.2 Å². The first-order valence-electron chi connectivity index (χ1n) is 6.93. The van der Waals surface area contributed by atoms with Crippen LogP contribution in [0.4, 0.5) is 0 Å². The number of carbonyl (C=O) groups excluding carboxylic acids is 1. The van der Waals surface area contributed by atoms with Crippen molar-refractivity contribution in [2.75, 3.05) is 13.1 Å². The summed E-state index contributed by atoms with van der Waals surface area (Å²) in [6.07, 6.45) is 1.72. The SMILES string of the molecule is CC(C)C1(N)CN(C(=O)c2cccc3cccnc23)C1. The molecule has 2 aromatic rings. The molecule has 0 saturated carbocycles. The molecule has 1 fully saturated rings. The average Bonchev–Trinajstić information content (AvgIpc) is 2.42. The van der Waals surface area contributed by atoms with Crippen LogP contribution in [0.5, 0.6) is 0 Å². The van der Waals surface area contributed by atoms with Crippen LogP contribution in [0.2, 0.25) is 0 Å². The second-order valence-electron chi connectivity index (χ2n) is 5.93. The third-order valence-electron chi connectivity index (χ3n) is 4.27. The Bertz CT molecular complexity index is 654. The maximum absolute atomic E-state index is 12.6. The zero-order valence-electron chi connectivity index (χ0n) is 11.8. The Kier molecular flexibility index (Phi) is 2.98. The van der Waals surface area contributed by atoms with Gasteiger partial charge in [-0.3, -0.25) is 9.78 Å². The van der Waals surface area contributed by atoms with Crippen molar-refractivity contribution in [1.29, 1.82) is 0 Å². The van der Waals surface area contributed by atoms with Gasteiger partial charge >= 0.3 is 0 Å². The highest BCUT2D eigenvalue weighted by Crippen LogP contribution is 2.28. The van der Waals surface area contributed by atoms with E-state index >= 15 is 0 Å². The molecule has 4 nitrogen and oxygen atoms in total. The molecule has 1 amide bonds. The van der Waals surface area contributed by atoms with E-state index in [4.69, 9.17) is 5.73 Å². The van der Waals surface area contributed by atoms with Crippen LogP contribution in [-0.4, -0.2) is 34.4 Å². The summed E-state index contributed by atoms with van der Waals surface area (Å²) in [4.78, 5) is 18.7. The molecule has 0 spiro atoms. The maximum atomic E-state index is 12.6. The Morgan fingerprint density at radius 2 is 2.00 bits per heavy atom. The monoisotopic (exact) mass is 269 g/mol. The van der Waals surface area contributed by atoms with Crippen LogP contribution in [0.15, 0.2) is 36.5 Å². The molecule has 1 aliphatic rings. The molecule has 20 heavy (non-hydrogen) atoms. The van der Waals surface area contributed by atoms with Gasteiger partial charge in [-0.05, 0) is 18.1 Å². The quantitative estimate of drug-likeness (QED) is 0.907. The van der Waals surface area contributed by atoms with Crippen LogP contribution >= 0.6 is 0 Å². The van der Waals surface area contributed by atoms with E-state index in [-0.39, 0.29) is 11.4 Å². The summed E-state index contributed by atoms with van der Waals surface area (Å²) in [6, 6.07) is 9.55. The summed E-state index contributed by atoms with van der Waals surface area (Å²) >= 11 is 0. The summed E-state index contributed by atoms with van der Waals surface area (Å²) in [5.74, 6) is 0.396. The Morgan fingerprint density at radius 1 is 1.30 bits per heavy atom. The standard InChI is InChI=1S/C16H19N3O/c1-11(2)16(17)9-19(10-16)15(20)13-7-3-5-12-6-4-8-18-14(12)13/h3-8,11H,9-10,17H2,1-2H3. The molecule has 1 saturated heterocycles. The second kappa shape index (κ2) is 4.56.